The molecule has 1 saturated heterocycles. The summed E-state index contributed by atoms with van der Waals surface area (Å²) in [6.07, 6.45) is 1.92. The van der Waals surface area contributed by atoms with E-state index in [1.54, 1.807) is 6.92 Å². The van der Waals surface area contributed by atoms with Gasteiger partial charge in [-0.15, -0.1) is 10.2 Å². The van der Waals surface area contributed by atoms with Gasteiger partial charge in [-0.1, -0.05) is 30.3 Å². The summed E-state index contributed by atoms with van der Waals surface area (Å²) in [5.41, 5.74) is 1.11. The van der Waals surface area contributed by atoms with Crippen LogP contribution in [0.15, 0.2) is 34.7 Å². The van der Waals surface area contributed by atoms with E-state index in [1.165, 1.54) is 0 Å². The molecule has 2 fully saturated rings. The van der Waals surface area contributed by atoms with Crippen LogP contribution in [0.5, 0.6) is 0 Å². The first-order chi connectivity index (χ1) is 11.7. The van der Waals surface area contributed by atoms with Gasteiger partial charge in [-0.25, -0.2) is 0 Å². The van der Waals surface area contributed by atoms with Gasteiger partial charge in [-0.05, 0) is 24.3 Å². The molecule has 0 radical (unpaired) electrons. The number of rotatable bonds is 4. The average Bonchev–Trinajstić information content (AvgIpc) is 3.35. The minimum atomic E-state index is -0.334. The summed E-state index contributed by atoms with van der Waals surface area (Å²) in [6, 6.07) is 10.1. The molecule has 1 aromatic carbocycles. The molecule has 126 valence electrons. The van der Waals surface area contributed by atoms with Gasteiger partial charge in [0, 0.05) is 13.5 Å². The maximum atomic E-state index is 13.2. The Hall–Kier alpha value is -2.21. The second-order valence-electron chi connectivity index (χ2n) is 6.53. The molecule has 1 amide bonds. The van der Waals surface area contributed by atoms with Gasteiger partial charge in [0.25, 0.3) is 0 Å². The molecule has 4 rings (SSSR count). The molecule has 0 spiro atoms. The third kappa shape index (κ3) is 3.06. The quantitative estimate of drug-likeness (QED) is 0.863. The van der Waals surface area contributed by atoms with Crippen LogP contribution < -0.4 is 0 Å². The van der Waals surface area contributed by atoms with Crippen LogP contribution in [-0.2, 0) is 9.53 Å². The van der Waals surface area contributed by atoms with E-state index in [0.29, 0.717) is 37.4 Å². The zero-order valence-corrected chi connectivity index (χ0v) is 13.7. The van der Waals surface area contributed by atoms with Crippen LogP contribution in [-0.4, -0.2) is 40.7 Å². The average molecular weight is 327 g/mol. The van der Waals surface area contributed by atoms with Crippen LogP contribution in [0.2, 0.25) is 0 Å². The topological polar surface area (TPSA) is 68.5 Å². The molecule has 1 aliphatic carbocycles. The van der Waals surface area contributed by atoms with E-state index >= 15 is 0 Å². The first-order valence-corrected chi connectivity index (χ1v) is 8.47. The van der Waals surface area contributed by atoms with Crippen molar-refractivity contribution in [3.05, 3.63) is 47.7 Å². The molecule has 1 aromatic heterocycles. The monoisotopic (exact) mass is 327 g/mol. The molecule has 2 aromatic rings. The summed E-state index contributed by atoms with van der Waals surface area (Å²) in [5.74, 6) is 1.57. The largest absolute Gasteiger partial charge is 0.423 e. The number of aryl methyl sites for hydroxylation is 1. The third-order valence-corrected chi connectivity index (χ3v) is 4.71. The van der Waals surface area contributed by atoms with Gasteiger partial charge in [0.05, 0.1) is 19.1 Å². The second-order valence-corrected chi connectivity index (χ2v) is 6.53. The third-order valence-electron chi connectivity index (χ3n) is 4.71. The molecular formula is C18H21N3O3. The van der Waals surface area contributed by atoms with Crippen LogP contribution in [0.4, 0.5) is 0 Å². The molecule has 1 saturated carbocycles. The fraction of sp³-hybridized carbons (Fsp3) is 0.500. The Labute approximate surface area is 140 Å². The number of aromatic nitrogens is 2. The minimum absolute atomic E-state index is 0.0469. The van der Waals surface area contributed by atoms with Crippen LogP contribution >= 0.6 is 0 Å². The predicted molar refractivity (Wildman–Crippen MR) is 86.2 cm³/mol. The van der Waals surface area contributed by atoms with Crippen molar-refractivity contribution in [3.63, 3.8) is 0 Å². The van der Waals surface area contributed by atoms with Crippen molar-refractivity contribution in [2.24, 2.45) is 5.92 Å². The zero-order valence-electron chi connectivity index (χ0n) is 13.7. The Bertz CT molecular complexity index is 711. The van der Waals surface area contributed by atoms with Crippen molar-refractivity contribution in [2.75, 3.05) is 19.7 Å². The molecule has 2 atom stereocenters. The van der Waals surface area contributed by atoms with Crippen molar-refractivity contribution < 1.29 is 13.9 Å². The smallest absolute Gasteiger partial charge is 0.246 e. The lowest BCUT2D eigenvalue weighted by molar-refractivity contribution is -0.142. The van der Waals surface area contributed by atoms with Gasteiger partial charge in [0.15, 0.2) is 6.10 Å². The van der Waals surface area contributed by atoms with Gasteiger partial charge >= 0.3 is 0 Å². The number of hydrogen-bond donors (Lipinski definition) is 0. The zero-order chi connectivity index (χ0) is 16.5. The Morgan fingerprint density at radius 1 is 1.25 bits per heavy atom. The van der Waals surface area contributed by atoms with Gasteiger partial charge < -0.3 is 14.1 Å². The molecule has 2 heterocycles. The van der Waals surface area contributed by atoms with Crippen LogP contribution in [0.25, 0.3) is 0 Å². The highest BCUT2D eigenvalue weighted by Gasteiger charge is 2.41. The highest BCUT2D eigenvalue weighted by atomic mass is 16.5. The van der Waals surface area contributed by atoms with Crippen molar-refractivity contribution in [1.82, 2.24) is 15.1 Å². The Kier molecular flexibility index (Phi) is 4.06. The molecule has 6 heteroatoms. The van der Waals surface area contributed by atoms with E-state index < -0.39 is 0 Å². The van der Waals surface area contributed by atoms with Gasteiger partial charge in [0.1, 0.15) is 0 Å². The van der Waals surface area contributed by atoms with E-state index in [1.807, 2.05) is 23.1 Å². The molecule has 0 unspecified atom stereocenters. The molecule has 1 aliphatic heterocycles. The normalized spacial score (nSPS) is 22.4. The van der Waals surface area contributed by atoms with Crippen molar-refractivity contribution in [3.8, 4) is 0 Å². The summed E-state index contributed by atoms with van der Waals surface area (Å²) in [6.45, 7) is 3.32. The number of benzene rings is 1. The maximum absolute atomic E-state index is 13.2. The van der Waals surface area contributed by atoms with Gasteiger partial charge in [-0.2, -0.15) is 0 Å². The molecule has 6 nitrogen and oxygen atoms in total. The van der Waals surface area contributed by atoms with E-state index in [0.717, 1.165) is 18.4 Å². The standard InChI is InChI=1S/C18H21N3O3/c1-12-19-20-17(24-12)15-11-21(9-10-23-15)18(22)16(14-7-8-14)13-5-3-2-4-6-13/h2-6,14-16H,7-11H2,1H3/t15-,16-/m0/s1. The highest BCUT2D eigenvalue weighted by molar-refractivity contribution is 5.84. The van der Waals surface area contributed by atoms with Gasteiger partial charge in [0.2, 0.25) is 17.7 Å². The number of hydrogen-bond acceptors (Lipinski definition) is 5. The Morgan fingerprint density at radius 3 is 2.71 bits per heavy atom. The molecule has 2 aliphatic rings. The summed E-state index contributed by atoms with van der Waals surface area (Å²) >= 11 is 0. The minimum Gasteiger partial charge on any atom is -0.423 e. The fourth-order valence-electron chi connectivity index (χ4n) is 3.34. The molecule has 0 bridgehead atoms. The Morgan fingerprint density at radius 2 is 2.04 bits per heavy atom. The number of morpholine rings is 1. The first-order valence-electron chi connectivity index (χ1n) is 8.47. The summed E-state index contributed by atoms with van der Waals surface area (Å²) in [4.78, 5) is 15.1. The highest BCUT2D eigenvalue weighted by Crippen LogP contribution is 2.44. The fourth-order valence-corrected chi connectivity index (χ4v) is 3.34. The first kappa shape index (κ1) is 15.3. The molecule has 0 N–H and O–H groups in total. The maximum Gasteiger partial charge on any atom is 0.246 e. The van der Waals surface area contributed by atoms with E-state index in [9.17, 15) is 4.79 Å². The van der Waals surface area contributed by atoms with E-state index in [-0.39, 0.29) is 17.9 Å². The number of amides is 1. The number of carbonyl (C=O) groups is 1. The SMILES string of the molecule is Cc1nnc([C@@H]2CN(C(=O)[C@@H](c3ccccc3)C3CC3)CCO2)o1. The van der Waals surface area contributed by atoms with E-state index in [2.05, 4.69) is 22.3 Å². The van der Waals surface area contributed by atoms with E-state index in [4.69, 9.17) is 9.15 Å². The summed E-state index contributed by atoms with van der Waals surface area (Å²) in [5, 5.41) is 7.89. The molecular weight excluding hydrogens is 306 g/mol. The molecule has 24 heavy (non-hydrogen) atoms. The van der Waals surface area contributed by atoms with Gasteiger partial charge in [-0.3, -0.25) is 4.79 Å². The lowest BCUT2D eigenvalue weighted by Gasteiger charge is -2.34. The predicted octanol–water partition coefficient (Wildman–Crippen LogP) is 2.47. The lowest BCUT2D eigenvalue weighted by Crippen LogP contribution is -2.44. The number of carbonyl (C=O) groups excluding carboxylic acids is 1. The van der Waals surface area contributed by atoms with Crippen molar-refractivity contribution >= 4 is 5.91 Å². The second kappa shape index (κ2) is 6.36. The number of ether oxygens (including phenoxy) is 1. The lowest BCUT2D eigenvalue weighted by atomic mass is 9.92. The van der Waals surface area contributed by atoms with Crippen LogP contribution in [0.1, 0.15) is 42.2 Å². The summed E-state index contributed by atoms with van der Waals surface area (Å²) in [7, 11) is 0. The van der Waals surface area contributed by atoms with Crippen LogP contribution in [0, 0.1) is 12.8 Å². The van der Waals surface area contributed by atoms with Crippen molar-refractivity contribution in [2.45, 2.75) is 31.8 Å². The Balaban J connectivity index is 1.52. The van der Waals surface area contributed by atoms with Crippen LogP contribution in [0.3, 0.4) is 0 Å². The van der Waals surface area contributed by atoms with Crippen molar-refractivity contribution in [1.29, 1.82) is 0 Å². The summed E-state index contributed by atoms with van der Waals surface area (Å²) < 4.78 is 11.2. The number of nitrogens with zero attached hydrogens (tertiary/aromatic N) is 3.